The highest BCUT2D eigenvalue weighted by molar-refractivity contribution is 7.45. The number of phosphoric ester groups is 1. The van der Waals surface area contributed by atoms with E-state index in [1.807, 2.05) is 21.1 Å². The number of ether oxygens (including phenoxy) is 2. The Morgan fingerprint density at radius 1 is 0.448 bits per heavy atom. The number of phosphoric acid groups is 1. The van der Waals surface area contributed by atoms with Crippen LogP contribution in [0.1, 0.15) is 290 Å². The van der Waals surface area contributed by atoms with Crippen molar-refractivity contribution in [3.8, 4) is 0 Å². The average molecular weight is 970 g/mol. The molecule has 9 nitrogen and oxygen atoms in total. The van der Waals surface area contributed by atoms with E-state index in [0.29, 0.717) is 17.4 Å². The van der Waals surface area contributed by atoms with Crippen LogP contribution in [0.5, 0.6) is 0 Å². The highest BCUT2D eigenvalue weighted by Gasteiger charge is 2.22. The molecule has 0 aliphatic rings. The number of rotatable bonds is 54. The topological polar surface area (TPSA) is 111 Å². The number of unbranched alkanes of at least 4 members (excludes halogenated alkanes) is 38. The normalized spacial score (nSPS) is 13.3. The lowest BCUT2D eigenvalue weighted by atomic mass is 10.0. The van der Waals surface area contributed by atoms with Crippen molar-refractivity contribution in [1.82, 2.24) is 0 Å². The quantitative estimate of drug-likeness (QED) is 0.0195. The first-order valence-corrected chi connectivity index (χ1v) is 30.4. The van der Waals surface area contributed by atoms with Gasteiger partial charge in [0, 0.05) is 12.8 Å². The van der Waals surface area contributed by atoms with Crippen molar-refractivity contribution in [1.29, 1.82) is 0 Å². The molecule has 0 saturated heterocycles. The summed E-state index contributed by atoms with van der Waals surface area (Å²) < 4.78 is 33.9. The van der Waals surface area contributed by atoms with E-state index in [0.717, 1.165) is 32.1 Å². The van der Waals surface area contributed by atoms with E-state index >= 15 is 0 Å². The summed E-state index contributed by atoms with van der Waals surface area (Å²) in [5, 5.41) is 0. The highest BCUT2D eigenvalue weighted by atomic mass is 31.2. The van der Waals surface area contributed by atoms with Gasteiger partial charge in [0.05, 0.1) is 27.7 Å². The Balaban J connectivity index is 3.83. The van der Waals surface area contributed by atoms with Gasteiger partial charge in [0.2, 0.25) is 0 Å². The fourth-order valence-electron chi connectivity index (χ4n) is 8.54. The van der Waals surface area contributed by atoms with Crippen molar-refractivity contribution in [3.05, 3.63) is 12.2 Å². The van der Waals surface area contributed by atoms with Crippen LogP contribution in [0.4, 0.5) is 0 Å². The summed E-state index contributed by atoms with van der Waals surface area (Å²) in [6, 6.07) is 0. The molecule has 0 radical (unpaired) electrons. The molecule has 0 aromatic carbocycles. The summed E-state index contributed by atoms with van der Waals surface area (Å²) in [4.78, 5) is 37.5. The molecule has 0 heterocycles. The standard InChI is InChI=1S/C57H112NO8P/c1-6-8-10-12-14-16-17-18-19-20-21-22-23-24-25-26-27-28-29-30-31-32-33-34-35-36-37-38-39-40-41-42-44-46-48-50-57(60)66-55(54-65-67(61,62)64-52-51-58(3,4)5)53-63-56(59)49-47-45-43-15-13-11-9-7-2/h20-21,55H,6-19,22-54H2,1-5H3/b21-20-. The number of carbonyl (C=O) groups is 2. The molecule has 0 aromatic heterocycles. The summed E-state index contributed by atoms with van der Waals surface area (Å²) in [6.07, 6.45) is 57.4. The summed E-state index contributed by atoms with van der Waals surface area (Å²) in [5.74, 6) is -0.823. The maximum absolute atomic E-state index is 12.7. The molecule has 2 atom stereocenters. The van der Waals surface area contributed by atoms with Crippen LogP contribution in [0.25, 0.3) is 0 Å². The van der Waals surface area contributed by atoms with Gasteiger partial charge in [0.1, 0.15) is 19.8 Å². The van der Waals surface area contributed by atoms with Gasteiger partial charge in [-0.1, -0.05) is 251 Å². The lowest BCUT2D eigenvalue weighted by Crippen LogP contribution is -2.37. The molecule has 0 aliphatic carbocycles. The van der Waals surface area contributed by atoms with E-state index in [1.165, 1.54) is 225 Å². The molecule has 2 unspecified atom stereocenters. The van der Waals surface area contributed by atoms with Gasteiger partial charge in [0.25, 0.3) is 7.82 Å². The van der Waals surface area contributed by atoms with Gasteiger partial charge >= 0.3 is 11.9 Å². The zero-order chi connectivity index (χ0) is 49.2. The van der Waals surface area contributed by atoms with Gasteiger partial charge in [-0.05, 0) is 38.5 Å². The van der Waals surface area contributed by atoms with Crippen molar-refractivity contribution in [2.24, 2.45) is 0 Å². The lowest BCUT2D eigenvalue weighted by molar-refractivity contribution is -0.870. The summed E-state index contributed by atoms with van der Waals surface area (Å²) >= 11 is 0. The van der Waals surface area contributed by atoms with Crippen LogP contribution in [-0.4, -0.2) is 70.0 Å². The number of hydrogen-bond acceptors (Lipinski definition) is 8. The van der Waals surface area contributed by atoms with E-state index in [4.69, 9.17) is 18.5 Å². The number of esters is 2. The molecule has 0 rings (SSSR count). The van der Waals surface area contributed by atoms with Gasteiger partial charge in [-0.2, -0.15) is 0 Å². The molecular formula is C57H112NO8P. The molecule has 0 spiro atoms. The van der Waals surface area contributed by atoms with Gasteiger partial charge in [-0.25, -0.2) is 0 Å². The third kappa shape index (κ3) is 53.9. The van der Waals surface area contributed by atoms with Crippen molar-refractivity contribution < 1.29 is 42.1 Å². The molecule has 0 fully saturated rings. The maximum atomic E-state index is 12.7. The minimum absolute atomic E-state index is 0.0266. The molecule has 67 heavy (non-hydrogen) atoms. The van der Waals surface area contributed by atoms with Crippen LogP contribution in [0.3, 0.4) is 0 Å². The smallest absolute Gasteiger partial charge is 0.306 e. The fraction of sp³-hybridized carbons (Fsp3) is 0.930. The van der Waals surface area contributed by atoms with Crippen LogP contribution >= 0.6 is 7.82 Å². The van der Waals surface area contributed by atoms with Gasteiger partial charge in [0.15, 0.2) is 6.10 Å². The SMILES string of the molecule is CCCCCCCCCC/C=C\CCCCCCCCCCCCCCCCCCCCCCCCCC(=O)OC(COC(=O)CCCCCCCCCC)COP(=O)([O-])OCC[N+](C)(C)C. The number of allylic oxidation sites excluding steroid dienone is 2. The zero-order valence-electron chi connectivity index (χ0n) is 45.1. The second-order valence-electron chi connectivity index (χ2n) is 21.0. The van der Waals surface area contributed by atoms with E-state index in [9.17, 15) is 19.0 Å². The highest BCUT2D eigenvalue weighted by Crippen LogP contribution is 2.38. The van der Waals surface area contributed by atoms with E-state index < -0.39 is 26.5 Å². The molecule has 0 aromatic rings. The van der Waals surface area contributed by atoms with Crippen LogP contribution in [0, 0.1) is 0 Å². The van der Waals surface area contributed by atoms with Crippen molar-refractivity contribution in [2.75, 3.05) is 47.5 Å². The van der Waals surface area contributed by atoms with Crippen LogP contribution in [-0.2, 0) is 32.7 Å². The number of carbonyl (C=O) groups excluding carboxylic acids is 2. The van der Waals surface area contributed by atoms with Gasteiger partial charge < -0.3 is 27.9 Å². The van der Waals surface area contributed by atoms with E-state index in [-0.39, 0.29) is 32.0 Å². The minimum atomic E-state index is -4.62. The summed E-state index contributed by atoms with van der Waals surface area (Å²) in [7, 11) is 1.18. The molecule has 0 bridgehead atoms. The molecule has 0 amide bonds. The second kappa shape index (κ2) is 49.7. The monoisotopic (exact) mass is 970 g/mol. The van der Waals surface area contributed by atoms with E-state index in [1.54, 1.807) is 0 Å². The Kier molecular flexibility index (Phi) is 48.8. The van der Waals surface area contributed by atoms with Gasteiger partial charge in [-0.15, -0.1) is 0 Å². The average Bonchev–Trinajstić information content (AvgIpc) is 3.29. The Morgan fingerprint density at radius 3 is 1.10 bits per heavy atom. The Labute approximate surface area is 416 Å². The Bertz CT molecular complexity index is 1140. The predicted molar refractivity (Wildman–Crippen MR) is 282 cm³/mol. The number of hydrogen-bond donors (Lipinski definition) is 0. The number of nitrogens with zero attached hydrogens (tertiary/aromatic N) is 1. The molecule has 0 saturated carbocycles. The zero-order valence-corrected chi connectivity index (χ0v) is 46.0. The predicted octanol–water partition coefficient (Wildman–Crippen LogP) is 17.0. The largest absolute Gasteiger partial charge is 0.756 e. The minimum Gasteiger partial charge on any atom is -0.756 e. The van der Waals surface area contributed by atoms with Crippen LogP contribution in [0.2, 0.25) is 0 Å². The first kappa shape index (κ1) is 65.8. The van der Waals surface area contributed by atoms with Crippen LogP contribution in [0.15, 0.2) is 12.2 Å². The molecule has 10 heteroatoms. The fourth-order valence-corrected chi connectivity index (χ4v) is 9.26. The van der Waals surface area contributed by atoms with Crippen LogP contribution < -0.4 is 4.89 Å². The number of quaternary nitrogens is 1. The van der Waals surface area contributed by atoms with Crippen molar-refractivity contribution in [2.45, 2.75) is 296 Å². The molecule has 0 N–H and O–H groups in total. The maximum Gasteiger partial charge on any atom is 0.306 e. The van der Waals surface area contributed by atoms with E-state index in [2.05, 4.69) is 26.0 Å². The summed E-state index contributed by atoms with van der Waals surface area (Å²) in [6.45, 7) is 4.24. The number of likely N-dealkylation sites (N-methyl/N-ethyl adjacent to an activating group) is 1. The second-order valence-corrected chi connectivity index (χ2v) is 22.4. The first-order valence-electron chi connectivity index (χ1n) is 28.9. The molecule has 398 valence electrons. The third-order valence-electron chi connectivity index (χ3n) is 13.0. The van der Waals surface area contributed by atoms with Gasteiger partial charge in [-0.3, -0.25) is 14.2 Å². The lowest BCUT2D eigenvalue weighted by Gasteiger charge is -2.28. The summed E-state index contributed by atoms with van der Waals surface area (Å²) in [5.41, 5.74) is 0. The van der Waals surface area contributed by atoms with Crippen molar-refractivity contribution >= 4 is 19.8 Å². The van der Waals surface area contributed by atoms with Crippen molar-refractivity contribution in [3.63, 3.8) is 0 Å². The Morgan fingerprint density at radius 2 is 0.761 bits per heavy atom. The Hall–Kier alpha value is -1.25. The first-order chi connectivity index (χ1) is 32.5. The molecular weight excluding hydrogens is 858 g/mol. The third-order valence-corrected chi connectivity index (χ3v) is 14.0. The molecule has 0 aliphatic heterocycles.